The van der Waals surface area contributed by atoms with Gasteiger partial charge in [0, 0.05) is 0 Å². The summed E-state index contributed by atoms with van der Waals surface area (Å²) in [5.41, 5.74) is 10.2. The number of carbonyl (C=O) groups excluding carboxylic acids is 1. The quantitative estimate of drug-likeness (QED) is 0.607. The molecule has 0 fully saturated rings. The molecule has 1 amide bonds. The molecule has 5 N–H and O–H groups in total. The number of hydrogen-bond donors (Lipinski definition) is 3. The Morgan fingerprint density at radius 3 is 2.86 bits per heavy atom. The fraction of sp³-hybridized carbons (Fsp3) is 0.286. The Morgan fingerprint density at radius 2 is 2.36 bits per heavy atom. The van der Waals surface area contributed by atoms with E-state index in [0.717, 1.165) is 6.20 Å². The smallest absolute Gasteiger partial charge is 0.239 e. The zero-order valence-electron chi connectivity index (χ0n) is 7.49. The summed E-state index contributed by atoms with van der Waals surface area (Å²) in [7, 11) is 0. The van der Waals surface area contributed by atoms with E-state index in [-0.39, 0.29) is 11.8 Å². The molecule has 7 heteroatoms. The molecular weight excluding hydrogens is 189 g/mol. The summed E-state index contributed by atoms with van der Waals surface area (Å²) in [6, 6.07) is -0.639. The molecule has 0 aliphatic rings. The van der Waals surface area contributed by atoms with Gasteiger partial charge in [0.15, 0.2) is 11.6 Å². The van der Waals surface area contributed by atoms with Crippen LogP contribution in [0.1, 0.15) is 6.92 Å². The van der Waals surface area contributed by atoms with Gasteiger partial charge in [-0.2, -0.15) is 4.98 Å². The highest BCUT2D eigenvalue weighted by atomic mass is 19.1. The van der Waals surface area contributed by atoms with Crippen molar-refractivity contribution in [1.29, 1.82) is 0 Å². The molecule has 0 aliphatic carbocycles. The number of nitrogen functional groups attached to an aromatic ring is 1. The van der Waals surface area contributed by atoms with E-state index in [4.69, 9.17) is 11.5 Å². The Balaban J connectivity index is 2.78. The first-order valence-corrected chi connectivity index (χ1v) is 3.84. The van der Waals surface area contributed by atoms with Gasteiger partial charge in [0.2, 0.25) is 11.9 Å². The Labute approximate surface area is 79.5 Å². The van der Waals surface area contributed by atoms with Gasteiger partial charge in [0.05, 0.1) is 6.20 Å². The van der Waals surface area contributed by atoms with Gasteiger partial charge < -0.3 is 16.8 Å². The molecule has 0 bridgehead atoms. The van der Waals surface area contributed by atoms with Crippen LogP contribution in [0.25, 0.3) is 0 Å². The number of halogens is 1. The predicted octanol–water partition coefficient (Wildman–Crippen LogP) is -0.516. The maximum absolute atomic E-state index is 12.6. The van der Waals surface area contributed by atoms with Gasteiger partial charge in [-0.3, -0.25) is 4.79 Å². The average Bonchev–Trinajstić information content (AvgIpc) is 2.11. The van der Waals surface area contributed by atoms with E-state index in [1.54, 1.807) is 0 Å². The summed E-state index contributed by atoms with van der Waals surface area (Å²) in [4.78, 5) is 17.8. The van der Waals surface area contributed by atoms with Gasteiger partial charge >= 0.3 is 0 Å². The molecule has 1 aromatic heterocycles. The van der Waals surface area contributed by atoms with Crippen molar-refractivity contribution in [2.24, 2.45) is 5.73 Å². The van der Waals surface area contributed by atoms with E-state index in [1.165, 1.54) is 6.92 Å². The zero-order chi connectivity index (χ0) is 10.7. The number of primary amides is 1. The minimum atomic E-state index is -0.706. The lowest BCUT2D eigenvalue weighted by Crippen LogP contribution is -2.33. The fourth-order valence-corrected chi connectivity index (χ4v) is 0.715. The zero-order valence-corrected chi connectivity index (χ0v) is 7.49. The summed E-state index contributed by atoms with van der Waals surface area (Å²) in [5, 5.41) is 2.57. The van der Waals surface area contributed by atoms with Gasteiger partial charge in [0.1, 0.15) is 6.04 Å². The molecule has 0 saturated carbocycles. The number of hydrogen-bond acceptors (Lipinski definition) is 5. The third-order valence-corrected chi connectivity index (χ3v) is 1.54. The van der Waals surface area contributed by atoms with Crippen molar-refractivity contribution in [3.63, 3.8) is 0 Å². The van der Waals surface area contributed by atoms with Crippen LogP contribution < -0.4 is 16.8 Å². The largest absolute Gasteiger partial charge is 0.381 e. The van der Waals surface area contributed by atoms with Gasteiger partial charge in [-0.15, -0.1) is 0 Å². The lowest BCUT2D eigenvalue weighted by atomic mass is 10.3. The Kier molecular flexibility index (Phi) is 2.80. The molecule has 0 aliphatic heterocycles. The van der Waals surface area contributed by atoms with E-state index >= 15 is 0 Å². The molecule has 1 rings (SSSR count). The number of carbonyl (C=O) groups is 1. The Morgan fingerprint density at radius 1 is 1.71 bits per heavy atom. The van der Waals surface area contributed by atoms with Crippen molar-refractivity contribution in [3.05, 3.63) is 12.0 Å². The maximum atomic E-state index is 12.6. The monoisotopic (exact) mass is 199 g/mol. The predicted molar refractivity (Wildman–Crippen MR) is 48.7 cm³/mol. The summed E-state index contributed by atoms with van der Waals surface area (Å²) < 4.78 is 12.6. The molecule has 1 heterocycles. The Hall–Kier alpha value is -1.92. The van der Waals surface area contributed by atoms with Crippen molar-refractivity contribution in [2.45, 2.75) is 13.0 Å². The minimum Gasteiger partial charge on any atom is -0.381 e. The minimum absolute atomic E-state index is 0.0650. The topological polar surface area (TPSA) is 107 Å². The highest BCUT2D eigenvalue weighted by Gasteiger charge is 2.10. The number of aromatic nitrogens is 2. The van der Waals surface area contributed by atoms with Crippen LogP contribution in [0.5, 0.6) is 0 Å². The van der Waals surface area contributed by atoms with Crippen molar-refractivity contribution < 1.29 is 9.18 Å². The van der Waals surface area contributed by atoms with Crippen molar-refractivity contribution in [1.82, 2.24) is 9.97 Å². The second kappa shape index (κ2) is 3.86. The number of nitrogens with two attached hydrogens (primary N) is 2. The molecule has 0 saturated heterocycles. The number of nitrogens with zero attached hydrogens (tertiary/aromatic N) is 2. The highest BCUT2D eigenvalue weighted by molar-refractivity contribution is 5.81. The van der Waals surface area contributed by atoms with Gasteiger partial charge in [0.25, 0.3) is 0 Å². The first kappa shape index (κ1) is 10.2. The number of anilines is 2. The van der Waals surface area contributed by atoms with Gasteiger partial charge in [-0.25, -0.2) is 9.37 Å². The Bertz CT molecular complexity index is 356. The van der Waals surface area contributed by atoms with E-state index in [0.29, 0.717) is 0 Å². The summed E-state index contributed by atoms with van der Waals surface area (Å²) in [6.07, 6.45) is 0.915. The van der Waals surface area contributed by atoms with Gasteiger partial charge in [-0.1, -0.05) is 0 Å². The highest BCUT2D eigenvalue weighted by Crippen LogP contribution is 2.07. The molecule has 6 nitrogen and oxygen atoms in total. The van der Waals surface area contributed by atoms with Crippen LogP contribution in [-0.2, 0) is 4.79 Å². The van der Waals surface area contributed by atoms with E-state index < -0.39 is 17.8 Å². The number of amides is 1. The van der Waals surface area contributed by atoms with Crippen LogP contribution >= 0.6 is 0 Å². The standard InChI is InChI=1S/C7H10FN5O/c1-3(6(10)14)12-7-11-2-4(8)5(9)13-7/h2-3H,1H3,(H2,10,14)(H3,9,11,12,13). The first-order valence-electron chi connectivity index (χ1n) is 3.84. The van der Waals surface area contributed by atoms with Crippen LogP contribution in [0, 0.1) is 5.82 Å². The van der Waals surface area contributed by atoms with Crippen LogP contribution in [0.3, 0.4) is 0 Å². The molecule has 76 valence electrons. The molecular formula is C7H10FN5O. The molecule has 0 aromatic carbocycles. The second-order valence-corrected chi connectivity index (χ2v) is 2.70. The second-order valence-electron chi connectivity index (χ2n) is 2.70. The SMILES string of the molecule is CC(Nc1ncc(F)c(N)n1)C(N)=O. The van der Waals surface area contributed by atoms with Crippen LogP contribution in [0.2, 0.25) is 0 Å². The molecule has 1 aromatic rings. The van der Waals surface area contributed by atoms with Crippen LogP contribution in [-0.4, -0.2) is 21.9 Å². The van der Waals surface area contributed by atoms with Crippen molar-refractivity contribution >= 4 is 17.7 Å². The van der Waals surface area contributed by atoms with Gasteiger partial charge in [-0.05, 0) is 6.92 Å². The van der Waals surface area contributed by atoms with Crippen LogP contribution in [0.15, 0.2) is 6.20 Å². The summed E-state index contributed by atoms with van der Waals surface area (Å²) in [5.74, 6) is -1.48. The molecule has 1 atom stereocenters. The van der Waals surface area contributed by atoms with Crippen LogP contribution in [0.4, 0.5) is 16.2 Å². The lowest BCUT2D eigenvalue weighted by Gasteiger charge is -2.09. The fourth-order valence-electron chi connectivity index (χ4n) is 0.715. The average molecular weight is 199 g/mol. The van der Waals surface area contributed by atoms with E-state index in [9.17, 15) is 9.18 Å². The summed E-state index contributed by atoms with van der Waals surface area (Å²) >= 11 is 0. The third kappa shape index (κ3) is 2.28. The molecule has 0 spiro atoms. The van der Waals surface area contributed by atoms with Crippen molar-refractivity contribution in [3.8, 4) is 0 Å². The molecule has 0 radical (unpaired) electrons. The van der Waals surface area contributed by atoms with E-state index in [2.05, 4.69) is 15.3 Å². The normalized spacial score (nSPS) is 12.1. The lowest BCUT2D eigenvalue weighted by molar-refractivity contribution is -0.118. The summed E-state index contributed by atoms with van der Waals surface area (Å²) in [6.45, 7) is 1.53. The number of nitrogens with one attached hydrogen (secondary N) is 1. The first-order chi connectivity index (χ1) is 6.50. The number of rotatable bonds is 3. The van der Waals surface area contributed by atoms with Crippen molar-refractivity contribution in [2.75, 3.05) is 11.1 Å². The third-order valence-electron chi connectivity index (χ3n) is 1.54. The maximum Gasteiger partial charge on any atom is 0.239 e. The van der Waals surface area contributed by atoms with E-state index in [1.807, 2.05) is 0 Å². The molecule has 1 unspecified atom stereocenters. The molecule has 14 heavy (non-hydrogen) atoms.